The highest BCUT2D eigenvalue weighted by atomic mass is 35.5. The van der Waals surface area contributed by atoms with Crippen molar-refractivity contribution in [1.29, 1.82) is 0 Å². The van der Waals surface area contributed by atoms with E-state index >= 15 is 0 Å². The zero-order chi connectivity index (χ0) is 29.0. The fourth-order valence-corrected chi connectivity index (χ4v) is 5.70. The standard InChI is InChI=1S/C28H30Cl2FN3O4S/c1-19(27(36)32-28(2,3)4)33(17-23-24(29)11-8-12-25(23)30)26(35)18-34(21-9-6-5-7-10-21)39(37,38)22-15-13-20(31)14-16-22/h5-16,19H,17-18H2,1-4H3,(H,32,36). The second-order valence-electron chi connectivity index (χ2n) is 9.94. The van der Waals surface area contributed by atoms with Gasteiger partial charge in [0.25, 0.3) is 10.0 Å². The first-order valence-corrected chi connectivity index (χ1v) is 14.3. The van der Waals surface area contributed by atoms with Crippen LogP contribution in [0.15, 0.2) is 77.7 Å². The van der Waals surface area contributed by atoms with Crippen LogP contribution in [0.4, 0.5) is 10.1 Å². The molecule has 0 aromatic heterocycles. The van der Waals surface area contributed by atoms with Crippen molar-refractivity contribution in [1.82, 2.24) is 10.2 Å². The Hall–Kier alpha value is -3.14. The predicted molar refractivity (Wildman–Crippen MR) is 152 cm³/mol. The summed E-state index contributed by atoms with van der Waals surface area (Å²) in [5.41, 5.74) is 0.0549. The summed E-state index contributed by atoms with van der Waals surface area (Å²) < 4.78 is 41.8. The maximum atomic E-state index is 13.9. The van der Waals surface area contributed by atoms with E-state index in [4.69, 9.17) is 23.2 Å². The normalized spacial score (nSPS) is 12.5. The topological polar surface area (TPSA) is 86.8 Å². The van der Waals surface area contributed by atoms with Crippen molar-refractivity contribution in [2.75, 3.05) is 10.8 Å². The lowest BCUT2D eigenvalue weighted by atomic mass is 10.1. The molecular formula is C28H30Cl2FN3O4S. The van der Waals surface area contributed by atoms with Gasteiger partial charge in [-0.3, -0.25) is 13.9 Å². The molecule has 1 atom stereocenters. The largest absolute Gasteiger partial charge is 0.350 e. The molecule has 11 heteroatoms. The van der Waals surface area contributed by atoms with Gasteiger partial charge in [-0.1, -0.05) is 47.5 Å². The van der Waals surface area contributed by atoms with E-state index in [1.807, 2.05) is 0 Å². The van der Waals surface area contributed by atoms with Gasteiger partial charge in [0, 0.05) is 27.7 Å². The van der Waals surface area contributed by atoms with Crippen LogP contribution >= 0.6 is 23.2 Å². The number of nitrogens with zero attached hydrogens (tertiary/aromatic N) is 2. The van der Waals surface area contributed by atoms with Crippen LogP contribution in [0.3, 0.4) is 0 Å². The average Bonchev–Trinajstić information content (AvgIpc) is 2.86. The lowest BCUT2D eigenvalue weighted by Gasteiger charge is -2.33. The minimum atomic E-state index is -4.30. The lowest BCUT2D eigenvalue weighted by molar-refractivity contribution is -0.140. The first-order valence-electron chi connectivity index (χ1n) is 12.1. The molecule has 7 nitrogen and oxygen atoms in total. The molecule has 1 N–H and O–H groups in total. The van der Waals surface area contributed by atoms with Crippen molar-refractivity contribution in [2.24, 2.45) is 0 Å². The minimum absolute atomic E-state index is 0.144. The molecule has 39 heavy (non-hydrogen) atoms. The number of nitrogens with one attached hydrogen (secondary N) is 1. The third-order valence-corrected chi connectivity index (χ3v) is 8.28. The number of rotatable bonds is 9. The van der Waals surface area contributed by atoms with Gasteiger partial charge in [0.05, 0.1) is 10.6 Å². The highest BCUT2D eigenvalue weighted by molar-refractivity contribution is 7.92. The van der Waals surface area contributed by atoms with Crippen molar-refractivity contribution < 1.29 is 22.4 Å². The number of para-hydroxylation sites is 1. The summed E-state index contributed by atoms with van der Waals surface area (Å²) in [4.78, 5) is 28.1. The van der Waals surface area contributed by atoms with Crippen molar-refractivity contribution in [3.05, 3.63) is 94.2 Å². The molecule has 0 spiro atoms. The molecule has 0 heterocycles. The molecule has 0 bridgehead atoms. The Bertz CT molecular complexity index is 1410. The second-order valence-corrected chi connectivity index (χ2v) is 12.6. The van der Waals surface area contributed by atoms with Crippen molar-refractivity contribution in [2.45, 2.75) is 50.7 Å². The van der Waals surface area contributed by atoms with Crippen LogP contribution in [-0.2, 0) is 26.2 Å². The van der Waals surface area contributed by atoms with Crippen molar-refractivity contribution in [3.8, 4) is 0 Å². The van der Waals surface area contributed by atoms with Gasteiger partial charge in [-0.2, -0.15) is 0 Å². The minimum Gasteiger partial charge on any atom is -0.350 e. The molecule has 0 aliphatic heterocycles. The highest BCUT2D eigenvalue weighted by Crippen LogP contribution is 2.28. The fourth-order valence-electron chi connectivity index (χ4n) is 3.77. The quantitative estimate of drug-likeness (QED) is 0.347. The van der Waals surface area contributed by atoms with E-state index in [-0.39, 0.29) is 17.1 Å². The summed E-state index contributed by atoms with van der Waals surface area (Å²) in [6, 6.07) is 16.3. The number of sulfonamides is 1. The Morgan fingerprint density at radius 1 is 0.923 bits per heavy atom. The molecular weight excluding hydrogens is 564 g/mol. The first kappa shape index (κ1) is 30.4. The Balaban J connectivity index is 2.05. The number of carbonyl (C=O) groups excluding carboxylic acids is 2. The molecule has 2 amide bonds. The molecule has 3 aromatic rings. The van der Waals surface area contributed by atoms with Gasteiger partial charge in [0.2, 0.25) is 11.8 Å². The number of benzene rings is 3. The van der Waals surface area contributed by atoms with E-state index in [0.29, 0.717) is 15.6 Å². The molecule has 1 unspecified atom stereocenters. The summed E-state index contributed by atoms with van der Waals surface area (Å²) in [6.45, 7) is 6.18. The van der Waals surface area contributed by atoms with E-state index in [0.717, 1.165) is 28.6 Å². The van der Waals surface area contributed by atoms with Crippen LogP contribution in [0.5, 0.6) is 0 Å². The lowest BCUT2D eigenvalue weighted by Crippen LogP contribution is -2.54. The molecule has 0 saturated carbocycles. The van der Waals surface area contributed by atoms with Gasteiger partial charge in [0.15, 0.2) is 0 Å². The van der Waals surface area contributed by atoms with Gasteiger partial charge in [-0.25, -0.2) is 12.8 Å². The Labute approximate surface area is 238 Å². The SMILES string of the molecule is CC(C(=O)NC(C)(C)C)N(Cc1c(Cl)cccc1Cl)C(=O)CN(c1ccccc1)S(=O)(=O)c1ccc(F)cc1. The second kappa shape index (κ2) is 12.4. The predicted octanol–water partition coefficient (Wildman–Crippen LogP) is 5.66. The summed E-state index contributed by atoms with van der Waals surface area (Å²) >= 11 is 12.8. The van der Waals surface area contributed by atoms with Gasteiger partial charge < -0.3 is 10.2 Å². The van der Waals surface area contributed by atoms with Gasteiger partial charge in [-0.05, 0) is 76.2 Å². The van der Waals surface area contributed by atoms with Crippen LogP contribution in [0.2, 0.25) is 10.0 Å². The first-order chi connectivity index (χ1) is 18.2. The van der Waals surface area contributed by atoms with Gasteiger partial charge in [0.1, 0.15) is 18.4 Å². The molecule has 0 aliphatic rings. The van der Waals surface area contributed by atoms with Crippen LogP contribution < -0.4 is 9.62 Å². The third kappa shape index (κ3) is 7.71. The number of halogens is 3. The molecule has 0 aliphatic carbocycles. The Morgan fingerprint density at radius 3 is 2.03 bits per heavy atom. The van der Waals surface area contributed by atoms with E-state index in [1.165, 1.54) is 4.90 Å². The average molecular weight is 595 g/mol. The Morgan fingerprint density at radius 2 is 1.49 bits per heavy atom. The van der Waals surface area contributed by atoms with Crippen LogP contribution in [0.1, 0.15) is 33.3 Å². The Kier molecular flexibility index (Phi) is 9.64. The maximum absolute atomic E-state index is 13.9. The molecule has 3 aromatic carbocycles. The summed E-state index contributed by atoms with van der Waals surface area (Å²) in [5.74, 6) is -1.71. The van der Waals surface area contributed by atoms with Gasteiger partial charge >= 0.3 is 0 Å². The van der Waals surface area contributed by atoms with E-state index < -0.39 is 45.8 Å². The zero-order valence-corrected chi connectivity index (χ0v) is 24.3. The molecule has 0 radical (unpaired) electrons. The maximum Gasteiger partial charge on any atom is 0.264 e. The number of carbonyl (C=O) groups is 2. The van der Waals surface area contributed by atoms with E-state index in [2.05, 4.69) is 5.32 Å². The number of hydrogen-bond acceptors (Lipinski definition) is 4. The molecule has 0 fully saturated rings. The fraction of sp³-hybridized carbons (Fsp3) is 0.286. The van der Waals surface area contributed by atoms with Crippen LogP contribution in [0, 0.1) is 5.82 Å². The smallest absolute Gasteiger partial charge is 0.264 e. The molecule has 208 valence electrons. The highest BCUT2D eigenvalue weighted by Gasteiger charge is 2.34. The third-order valence-electron chi connectivity index (χ3n) is 5.78. The van der Waals surface area contributed by atoms with E-state index in [1.54, 1.807) is 76.2 Å². The van der Waals surface area contributed by atoms with Crippen LogP contribution in [-0.4, -0.2) is 43.3 Å². The molecule has 0 saturated heterocycles. The van der Waals surface area contributed by atoms with Crippen molar-refractivity contribution in [3.63, 3.8) is 0 Å². The number of anilines is 1. The van der Waals surface area contributed by atoms with Crippen LogP contribution in [0.25, 0.3) is 0 Å². The number of hydrogen-bond donors (Lipinski definition) is 1. The number of amides is 2. The summed E-state index contributed by atoms with van der Waals surface area (Å²) in [5, 5.41) is 3.44. The monoisotopic (exact) mass is 593 g/mol. The summed E-state index contributed by atoms with van der Waals surface area (Å²) in [6.07, 6.45) is 0. The summed E-state index contributed by atoms with van der Waals surface area (Å²) in [7, 11) is -4.30. The molecule has 3 rings (SSSR count). The zero-order valence-electron chi connectivity index (χ0n) is 22.0. The van der Waals surface area contributed by atoms with Crippen molar-refractivity contribution >= 4 is 50.7 Å². The van der Waals surface area contributed by atoms with E-state index in [9.17, 15) is 22.4 Å². The van der Waals surface area contributed by atoms with Gasteiger partial charge in [-0.15, -0.1) is 0 Å².